The Balaban J connectivity index is 1.16. The van der Waals surface area contributed by atoms with Crippen LogP contribution < -0.4 is 5.32 Å². The van der Waals surface area contributed by atoms with Crippen molar-refractivity contribution in [1.29, 1.82) is 0 Å². The summed E-state index contributed by atoms with van der Waals surface area (Å²) in [7, 11) is 0. The van der Waals surface area contributed by atoms with E-state index < -0.39 is 0 Å². The number of rotatable bonds is 4. The number of hydrogen-bond acceptors (Lipinski definition) is 3. The maximum absolute atomic E-state index is 12.9. The monoisotopic (exact) mass is 411 g/mol. The quantitative estimate of drug-likeness (QED) is 0.500. The Morgan fingerprint density at radius 2 is 2.00 bits per heavy atom. The van der Waals surface area contributed by atoms with Crippen LogP contribution in [0.4, 0.5) is 0 Å². The van der Waals surface area contributed by atoms with Crippen molar-refractivity contribution >= 4 is 5.97 Å². The van der Waals surface area contributed by atoms with Crippen LogP contribution in [0.5, 0.6) is 0 Å². The summed E-state index contributed by atoms with van der Waals surface area (Å²) in [5.41, 5.74) is 1.89. The van der Waals surface area contributed by atoms with E-state index in [0.29, 0.717) is 17.9 Å². The molecule has 0 aromatic heterocycles. The van der Waals surface area contributed by atoms with Crippen LogP contribution in [0.15, 0.2) is 11.6 Å². The van der Waals surface area contributed by atoms with E-state index >= 15 is 0 Å². The number of ether oxygens (including phenoxy) is 1. The number of nitrogens with one attached hydrogen (secondary N) is 1. The lowest BCUT2D eigenvalue weighted by atomic mass is 9.59. The van der Waals surface area contributed by atoms with E-state index in [1.165, 1.54) is 51.4 Å². The lowest BCUT2D eigenvalue weighted by Crippen LogP contribution is -2.48. The third-order valence-corrected chi connectivity index (χ3v) is 10.7. The molecule has 0 aromatic rings. The van der Waals surface area contributed by atoms with Gasteiger partial charge in [0.05, 0.1) is 5.92 Å². The number of carbonyl (C=O) groups is 1. The highest BCUT2D eigenvalue weighted by atomic mass is 16.6. The van der Waals surface area contributed by atoms with Crippen molar-refractivity contribution in [3.8, 4) is 0 Å². The Hall–Kier alpha value is -0.830. The summed E-state index contributed by atoms with van der Waals surface area (Å²) < 4.78 is 5.98. The van der Waals surface area contributed by atoms with E-state index in [2.05, 4.69) is 32.2 Å². The number of esters is 1. The first kappa shape index (κ1) is 19.8. The standard InChI is InChI=1S/C27H41NO2/c1-15-5-4-8-27(3)13-24-21(12-23(15)27)22(26(29)30-24)14-28-16(2)25-19-7-6-18-9-17(10-19)11-20(18)25/h12,15-22,24-25,28H,4-11,13-14H2,1-3H3/t15-,16+,17-,18-,19+,20-,21+,22+,24+,25+,27+/m0/s1. The highest BCUT2D eigenvalue weighted by Gasteiger charge is 2.53. The summed E-state index contributed by atoms with van der Waals surface area (Å²) in [6.45, 7) is 8.03. The third kappa shape index (κ3) is 2.97. The molecule has 166 valence electrons. The molecule has 0 unspecified atom stereocenters. The smallest absolute Gasteiger partial charge is 0.311 e. The highest BCUT2D eigenvalue weighted by Crippen LogP contribution is 2.59. The van der Waals surface area contributed by atoms with Gasteiger partial charge in [-0.25, -0.2) is 0 Å². The summed E-state index contributed by atoms with van der Waals surface area (Å²) in [6, 6.07) is 0.531. The first-order valence-electron chi connectivity index (χ1n) is 13.1. The molecule has 1 aliphatic heterocycles. The van der Waals surface area contributed by atoms with Crippen LogP contribution in [0.2, 0.25) is 0 Å². The molecule has 1 N–H and O–H groups in total. The van der Waals surface area contributed by atoms with Gasteiger partial charge in [0.1, 0.15) is 6.10 Å². The van der Waals surface area contributed by atoms with Gasteiger partial charge in [0.25, 0.3) is 0 Å². The number of fused-ring (bicyclic) bond motifs is 4. The van der Waals surface area contributed by atoms with Gasteiger partial charge >= 0.3 is 5.97 Å². The molecule has 5 fully saturated rings. The van der Waals surface area contributed by atoms with Crippen LogP contribution in [-0.2, 0) is 9.53 Å². The van der Waals surface area contributed by atoms with Crippen LogP contribution in [0.1, 0.15) is 78.6 Å². The van der Waals surface area contributed by atoms with Gasteiger partial charge < -0.3 is 10.1 Å². The second kappa shape index (κ2) is 7.09. The van der Waals surface area contributed by atoms with Crippen LogP contribution in [0.25, 0.3) is 0 Å². The van der Waals surface area contributed by atoms with Crippen LogP contribution in [-0.4, -0.2) is 24.7 Å². The topological polar surface area (TPSA) is 38.3 Å². The van der Waals surface area contributed by atoms with Crippen LogP contribution in [0.3, 0.4) is 0 Å². The summed E-state index contributed by atoms with van der Waals surface area (Å²) >= 11 is 0. The average Bonchev–Trinajstić information content (AvgIpc) is 3.10. The first-order valence-corrected chi connectivity index (χ1v) is 13.1. The minimum Gasteiger partial charge on any atom is -0.461 e. The Morgan fingerprint density at radius 3 is 2.87 bits per heavy atom. The molecule has 0 amide bonds. The second-order valence-corrected chi connectivity index (χ2v) is 12.4. The van der Waals surface area contributed by atoms with Crippen molar-refractivity contribution in [1.82, 2.24) is 5.32 Å². The Bertz CT molecular complexity index is 745. The van der Waals surface area contributed by atoms with Crippen molar-refractivity contribution < 1.29 is 9.53 Å². The molecule has 0 radical (unpaired) electrons. The Labute approximate surface area is 182 Å². The fourth-order valence-electron chi connectivity index (χ4n) is 9.46. The van der Waals surface area contributed by atoms with Crippen LogP contribution in [0, 0.1) is 52.8 Å². The van der Waals surface area contributed by atoms with E-state index in [4.69, 9.17) is 4.74 Å². The number of hydrogen-bond donors (Lipinski definition) is 1. The van der Waals surface area contributed by atoms with E-state index in [-0.39, 0.29) is 23.4 Å². The van der Waals surface area contributed by atoms with Gasteiger partial charge in [0.2, 0.25) is 0 Å². The SMILES string of the molecule is C[C@H]1CCC[C@]2(C)C[C@H]3OC(=O)[C@H](CN[C@H](C)[C@@H]4[C@@H]5CC[C@H]6C[C@@H](C5)C[C@@H]64)[C@H]3C=C12. The molecular weight excluding hydrogens is 370 g/mol. The van der Waals surface area contributed by atoms with Gasteiger partial charge in [-0.15, -0.1) is 0 Å². The van der Waals surface area contributed by atoms with Crippen LogP contribution >= 0.6 is 0 Å². The summed E-state index contributed by atoms with van der Waals surface area (Å²) in [6.07, 6.45) is 14.9. The largest absolute Gasteiger partial charge is 0.461 e. The van der Waals surface area contributed by atoms with Crippen molar-refractivity contribution in [2.24, 2.45) is 52.8 Å². The Morgan fingerprint density at radius 1 is 1.20 bits per heavy atom. The van der Waals surface area contributed by atoms with E-state index in [1.54, 1.807) is 5.57 Å². The van der Waals surface area contributed by atoms with Crippen molar-refractivity contribution in [2.75, 3.05) is 6.54 Å². The lowest BCUT2D eigenvalue weighted by Gasteiger charge is -2.46. The lowest BCUT2D eigenvalue weighted by molar-refractivity contribution is -0.145. The van der Waals surface area contributed by atoms with Crippen molar-refractivity contribution in [3.63, 3.8) is 0 Å². The zero-order valence-electron chi connectivity index (χ0n) is 19.2. The molecule has 0 spiro atoms. The second-order valence-electron chi connectivity index (χ2n) is 12.4. The number of allylic oxidation sites excluding steroid dienone is 1. The van der Waals surface area contributed by atoms with E-state index in [0.717, 1.165) is 42.6 Å². The maximum Gasteiger partial charge on any atom is 0.311 e. The minimum absolute atomic E-state index is 0.0146. The van der Waals surface area contributed by atoms with Gasteiger partial charge in [-0.3, -0.25) is 4.79 Å². The molecule has 5 aliphatic carbocycles. The fraction of sp³-hybridized carbons (Fsp3) is 0.889. The molecular formula is C27H41NO2. The van der Waals surface area contributed by atoms with E-state index in [1.807, 2.05) is 0 Å². The fourth-order valence-corrected chi connectivity index (χ4v) is 9.46. The first-order chi connectivity index (χ1) is 14.4. The molecule has 6 aliphatic rings. The Kier molecular flexibility index (Phi) is 4.68. The van der Waals surface area contributed by atoms with Gasteiger partial charge in [0, 0.05) is 18.5 Å². The molecule has 0 aromatic carbocycles. The summed E-state index contributed by atoms with van der Waals surface area (Å²) in [4.78, 5) is 12.9. The van der Waals surface area contributed by atoms with Gasteiger partial charge in [-0.05, 0) is 99.2 Å². The zero-order chi connectivity index (χ0) is 20.6. The highest BCUT2D eigenvalue weighted by molar-refractivity contribution is 5.76. The normalized spacial score (nSPS) is 52.4. The predicted molar refractivity (Wildman–Crippen MR) is 119 cm³/mol. The minimum atomic E-state index is 0.0146. The summed E-state index contributed by atoms with van der Waals surface area (Å²) in [5, 5.41) is 3.89. The zero-order valence-corrected chi connectivity index (χ0v) is 19.2. The van der Waals surface area contributed by atoms with Crippen molar-refractivity contribution in [3.05, 3.63) is 11.6 Å². The molecule has 4 saturated carbocycles. The van der Waals surface area contributed by atoms with Gasteiger partial charge in [-0.1, -0.05) is 31.9 Å². The van der Waals surface area contributed by atoms with Gasteiger partial charge in [0.15, 0.2) is 0 Å². The molecule has 30 heavy (non-hydrogen) atoms. The molecule has 3 heteroatoms. The third-order valence-electron chi connectivity index (χ3n) is 10.7. The molecule has 1 heterocycles. The predicted octanol–water partition coefficient (Wildman–Crippen LogP) is 5.35. The molecule has 3 nitrogen and oxygen atoms in total. The molecule has 11 atom stereocenters. The molecule has 6 rings (SSSR count). The average molecular weight is 412 g/mol. The number of carbonyl (C=O) groups excluding carboxylic acids is 1. The molecule has 3 bridgehead atoms. The maximum atomic E-state index is 12.9. The molecule has 1 saturated heterocycles. The van der Waals surface area contributed by atoms with E-state index in [9.17, 15) is 4.79 Å². The van der Waals surface area contributed by atoms with Crippen molar-refractivity contribution in [2.45, 2.75) is 90.7 Å². The van der Waals surface area contributed by atoms with Gasteiger partial charge in [-0.2, -0.15) is 0 Å². The summed E-state index contributed by atoms with van der Waals surface area (Å²) in [5.74, 6) is 5.78.